The summed E-state index contributed by atoms with van der Waals surface area (Å²) in [5.41, 5.74) is 4.16. The van der Waals surface area contributed by atoms with E-state index < -0.39 is 11.6 Å². The van der Waals surface area contributed by atoms with E-state index in [1.165, 1.54) is 11.8 Å². The summed E-state index contributed by atoms with van der Waals surface area (Å²) < 4.78 is 29.0. The van der Waals surface area contributed by atoms with Crippen LogP contribution in [0.4, 0.5) is 14.5 Å². The van der Waals surface area contributed by atoms with E-state index in [1.54, 1.807) is 18.3 Å². The molecule has 37 heavy (non-hydrogen) atoms. The quantitative estimate of drug-likeness (QED) is 0.380. The number of pyridine rings is 1. The number of amides is 1. The molecule has 1 aliphatic heterocycles. The van der Waals surface area contributed by atoms with Crippen LogP contribution in [0.1, 0.15) is 36.3 Å². The predicted molar refractivity (Wildman–Crippen MR) is 139 cm³/mol. The van der Waals surface area contributed by atoms with Gasteiger partial charge in [0.05, 0.1) is 12.6 Å². The smallest absolute Gasteiger partial charge is 0.220 e. The van der Waals surface area contributed by atoms with E-state index >= 15 is 0 Å². The summed E-state index contributed by atoms with van der Waals surface area (Å²) in [6.07, 6.45) is 2.29. The fourth-order valence-electron chi connectivity index (χ4n) is 4.70. The van der Waals surface area contributed by atoms with Crippen molar-refractivity contribution in [1.82, 2.24) is 25.2 Å². The molecule has 7 nitrogen and oxygen atoms in total. The summed E-state index contributed by atoms with van der Waals surface area (Å²) in [5, 5.41) is 6.43. The Balaban J connectivity index is 1.24. The maximum atomic E-state index is 13.8. The molecule has 2 N–H and O–H groups in total. The lowest BCUT2D eigenvalue weighted by Crippen LogP contribution is -2.43. The van der Waals surface area contributed by atoms with Crippen LogP contribution in [0.2, 0.25) is 0 Å². The molecule has 9 heteroatoms. The molecular weight excluding hydrogens is 474 g/mol. The highest BCUT2D eigenvalue weighted by atomic mass is 19.2. The van der Waals surface area contributed by atoms with Gasteiger partial charge >= 0.3 is 0 Å². The largest absolute Gasteiger partial charge is 0.369 e. The topological polar surface area (TPSA) is 75.1 Å². The van der Waals surface area contributed by atoms with E-state index in [0.717, 1.165) is 37.8 Å². The predicted octanol–water partition coefficient (Wildman–Crippen LogP) is 3.98. The van der Waals surface area contributed by atoms with Gasteiger partial charge in [-0.1, -0.05) is 18.2 Å². The minimum Gasteiger partial charge on any atom is -0.369 e. The number of anilines is 1. The maximum Gasteiger partial charge on any atom is 0.220 e. The van der Waals surface area contributed by atoms with Gasteiger partial charge in [0.25, 0.3) is 0 Å². The second-order valence-electron chi connectivity index (χ2n) is 9.33. The Morgan fingerprint density at radius 1 is 1.08 bits per heavy atom. The summed E-state index contributed by atoms with van der Waals surface area (Å²) in [5.74, 6) is -1.20. The molecule has 3 heterocycles. The van der Waals surface area contributed by atoms with Gasteiger partial charge in [-0.25, -0.2) is 18.7 Å². The molecule has 0 aliphatic carbocycles. The number of carbonyl (C=O) groups is 1. The van der Waals surface area contributed by atoms with Crippen molar-refractivity contribution in [3.63, 3.8) is 0 Å². The fraction of sp³-hybridized carbons (Fsp3) is 0.321. The molecule has 0 spiro atoms. The number of carbonyl (C=O) groups excluding carboxylic acids is 1. The average molecular weight is 505 g/mol. The van der Waals surface area contributed by atoms with Crippen molar-refractivity contribution in [1.29, 1.82) is 0 Å². The number of nitrogens with one attached hydrogen (secondary N) is 2. The van der Waals surface area contributed by atoms with Crippen LogP contribution in [0, 0.1) is 11.6 Å². The molecular formula is C28H30F2N6O. The Bertz CT molecular complexity index is 1380. The fourth-order valence-corrected chi connectivity index (χ4v) is 4.70. The third kappa shape index (κ3) is 5.77. The van der Waals surface area contributed by atoms with Crippen LogP contribution in [0.25, 0.3) is 11.2 Å². The zero-order valence-electron chi connectivity index (χ0n) is 20.8. The monoisotopic (exact) mass is 504 g/mol. The first kappa shape index (κ1) is 24.8. The lowest BCUT2D eigenvalue weighted by molar-refractivity contribution is -0.121. The Kier molecular flexibility index (Phi) is 7.41. The maximum absolute atomic E-state index is 13.8. The Morgan fingerprint density at radius 2 is 1.86 bits per heavy atom. The van der Waals surface area contributed by atoms with Crippen LogP contribution >= 0.6 is 0 Å². The number of hydrogen-bond acceptors (Lipinski definition) is 5. The molecule has 0 radical (unpaired) electrons. The number of benzene rings is 2. The van der Waals surface area contributed by atoms with Crippen LogP contribution < -0.4 is 15.5 Å². The SMILES string of the molecule is C[C@H](NC(=O)CCc1nc2cccnc2n1Cc1ccc(F)c(F)c1)c1ccc(N2CCNCC2)cc1. The molecule has 1 fully saturated rings. The first-order valence-electron chi connectivity index (χ1n) is 12.6. The summed E-state index contributed by atoms with van der Waals surface area (Å²) in [6, 6.07) is 15.7. The van der Waals surface area contributed by atoms with Gasteiger partial charge in [0.15, 0.2) is 17.3 Å². The standard InChI is InChI=1S/C28H30F2N6O/c1-19(21-5-7-22(8-6-21)35-15-13-31-14-16-35)33-27(37)11-10-26-34-25-3-2-12-32-28(25)36(26)18-20-4-9-23(29)24(30)17-20/h2-9,12,17,19,31H,10-11,13-16,18H2,1H3,(H,33,37)/t19-/m0/s1. The molecule has 4 aromatic rings. The van der Waals surface area contributed by atoms with E-state index in [9.17, 15) is 13.6 Å². The van der Waals surface area contributed by atoms with Crippen molar-refractivity contribution in [3.05, 3.63) is 89.4 Å². The number of hydrogen-bond donors (Lipinski definition) is 2. The molecule has 1 aliphatic rings. The third-order valence-electron chi connectivity index (χ3n) is 6.74. The Labute approximate surface area is 214 Å². The summed E-state index contributed by atoms with van der Waals surface area (Å²) >= 11 is 0. The van der Waals surface area contributed by atoms with Gasteiger partial charge in [-0.05, 0) is 54.4 Å². The van der Waals surface area contributed by atoms with Crippen molar-refractivity contribution >= 4 is 22.8 Å². The highest BCUT2D eigenvalue weighted by Gasteiger charge is 2.17. The summed E-state index contributed by atoms with van der Waals surface area (Å²) in [6.45, 7) is 6.19. The molecule has 2 aromatic heterocycles. The zero-order chi connectivity index (χ0) is 25.8. The normalized spacial score (nSPS) is 14.6. The van der Waals surface area contributed by atoms with Crippen LogP contribution in [0.5, 0.6) is 0 Å². The van der Waals surface area contributed by atoms with Crippen molar-refractivity contribution in [3.8, 4) is 0 Å². The second-order valence-corrected chi connectivity index (χ2v) is 9.33. The number of halogens is 2. The Morgan fingerprint density at radius 3 is 2.62 bits per heavy atom. The van der Waals surface area contributed by atoms with Crippen LogP contribution in [0.15, 0.2) is 60.8 Å². The van der Waals surface area contributed by atoms with E-state index in [2.05, 4.69) is 49.8 Å². The van der Waals surface area contributed by atoms with Crippen molar-refractivity contribution in [2.45, 2.75) is 32.4 Å². The minimum absolute atomic E-state index is 0.0851. The van der Waals surface area contributed by atoms with E-state index in [0.29, 0.717) is 29.0 Å². The highest BCUT2D eigenvalue weighted by molar-refractivity contribution is 5.77. The average Bonchev–Trinajstić information content (AvgIpc) is 3.27. The number of piperazine rings is 1. The van der Waals surface area contributed by atoms with Crippen molar-refractivity contribution in [2.24, 2.45) is 0 Å². The number of aryl methyl sites for hydroxylation is 1. The van der Waals surface area contributed by atoms with Gasteiger partial charge in [-0.15, -0.1) is 0 Å². The molecule has 0 saturated carbocycles. The minimum atomic E-state index is -0.897. The second kappa shape index (κ2) is 11.0. The van der Waals surface area contributed by atoms with Gasteiger partial charge in [0.1, 0.15) is 11.3 Å². The first-order valence-corrected chi connectivity index (χ1v) is 12.6. The molecule has 1 atom stereocenters. The summed E-state index contributed by atoms with van der Waals surface area (Å²) in [4.78, 5) is 24.2. The van der Waals surface area contributed by atoms with Crippen LogP contribution in [-0.4, -0.2) is 46.6 Å². The lowest BCUT2D eigenvalue weighted by Gasteiger charge is -2.29. The van der Waals surface area contributed by atoms with Gasteiger partial charge in [-0.3, -0.25) is 4.79 Å². The van der Waals surface area contributed by atoms with E-state index in [1.807, 2.05) is 17.6 Å². The van der Waals surface area contributed by atoms with Gasteiger partial charge in [0.2, 0.25) is 5.91 Å². The molecule has 5 rings (SSSR count). The van der Waals surface area contributed by atoms with Gasteiger partial charge < -0.3 is 20.1 Å². The van der Waals surface area contributed by atoms with Crippen LogP contribution in [-0.2, 0) is 17.8 Å². The van der Waals surface area contributed by atoms with E-state index in [4.69, 9.17) is 0 Å². The van der Waals surface area contributed by atoms with E-state index in [-0.39, 0.29) is 24.9 Å². The molecule has 0 bridgehead atoms. The number of rotatable bonds is 8. The van der Waals surface area contributed by atoms with Crippen molar-refractivity contribution < 1.29 is 13.6 Å². The molecule has 192 valence electrons. The number of fused-ring (bicyclic) bond motifs is 1. The first-order chi connectivity index (χ1) is 18.0. The summed E-state index contributed by atoms with van der Waals surface area (Å²) in [7, 11) is 0. The third-order valence-corrected chi connectivity index (χ3v) is 6.74. The Hall–Kier alpha value is -3.85. The number of aromatic nitrogens is 3. The van der Waals surface area contributed by atoms with Crippen LogP contribution in [0.3, 0.4) is 0 Å². The molecule has 0 unspecified atom stereocenters. The van der Waals surface area contributed by atoms with Crippen molar-refractivity contribution in [2.75, 3.05) is 31.1 Å². The lowest BCUT2D eigenvalue weighted by atomic mass is 10.1. The van der Waals surface area contributed by atoms with Gasteiger partial charge in [-0.2, -0.15) is 0 Å². The zero-order valence-corrected chi connectivity index (χ0v) is 20.8. The molecule has 1 amide bonds. The number of nitrogens with zero attached hydrogens (tertiary/aromatic N) is 4. The molecule has 1 saturated heterocycles. The number of imidazole rings is 1. The highest BCUT2D eigenvalue weighted by Crippen LogP contribution is 2.21. The van der Waals surface area contributed by atoms with Gasteiger partial charge in [0, 0.05) is 50.9 Å². The molecule has 2 aromatic carbocycles.